The number of nitrogens with one attached hydrogen (secondary N) is 1. The third-order valence-corrected chi connectivity index (χ3v) is 4.56. The lowest BCUT2D eigenvalue weighted by Gasteiger charge is -2.26. The average molecular weight is 303 g/mol. The van der Waals surface area contributed by atoms with E-state index in [9.17, 15) is 12.8 Å². The van der Waals surface area contributed by atoms with Crippen LogP contribution in [0.2, 0.25) is 0 Å². The minimum Gasteiger partial charge on any atom is -0.396 e. The van der Waals surface area contributed by atoms with E-state index < -0.39 is 15.8 Å². The molecule has 0 bridgehead atoms. The van der Waals surface area contributed by atoms with E-state index in [-0.39, 0.29) is 17.1 Å². The lowest BCUT2D eigenvalue weighted by Crippen LogP contribution is -2.41. The zero-order valence-corrected chi connectivity index (χ0v) is 11.8. The fraction of sp³-hybridized carbons (Fsp3) is 0.500. The van der Waals surface area contributed by atoms with E-state index in [1.807, 2.05) is 0 Å². The number of hydrogen-bond acceptors (Lipinski definition) is 5. The van der Waals surface area contributed by atoms with Crippen LogP contribution in [-0.4, -0.2) is 52.7 Å². The molecular weight excluding hydrogens is 285 g/mol. The molecule has 1 heterocycles. The van der Waals surface area contributed by atoms with E-state index in [4.69, 9.17) is 10.5 Å². The van der Waals surface area contributed by atoms with Gasteiger partial charge in [0.1, 0.15) is 5.82 Å². The predicted octanol–water partition coefficient (Wildman–Crippen LogP) is 0.0184. The minimum absolute atomic E-state index is 0.0720. The van der Waals surface area contributed by atoms with E-state index in [1.54, 1.807) is 0 Å². The maximum Gasteiger partial charge on any atom is 0.240 e. The third-order valence-electron chi connectivity index (χ3n) is 3.11. The third kappa shape index (κ3) is 3.89. The van der Waals surface area contributed by atoms with Crippen molar-refractivity contribution in [3.63, 3.8) is 0 Å². The van der Waals surface area contributed by atoms with Gasteiger partial charge in [-0.15, -0.1) is 0 Å². The number of ether oxygens (including phenoxy) is 1. The number of halogens is 1. The molecule has 1 fully saturated rings. The second-order valence-electron chi connectivity index (χ2n) is 4.54. The van der Waals surface area contributed by atoms with Gasteiger partial charge in [-0.1, -0.05) is 0 Å². The van der Waals surface area contributed by atoms with Crippen molar-refractivity contribution in [2.24, 2.45) is 0 Å². The van der Waals surface area contributed by atoms with Gasteiger partial charge >= 0.3 is 0 Å². The van der Waals surface area contributed by atoms with Crippen LogP contribution in [0.1, 0.15) is 0 Å². The summed E-state index contributed by atoms with van der Waals surface area (Å²) < 4.78 is 44.9. The number of morpholine rings is 1. The van der Waals surface area contributed by atoms with Crippen molar-refractivity contribution in [2.75, 3.05) is 45.1 Å². The average Bonchev–Trinajstić information content (AvgIpc) is 2.43. The summed E-state index contributed by atoms with van der Waals surface area (Å²) in [5.74, 6) is -0.735. The number of nitrogens with two attached hydrogens (primary N) is 1. The molecule has 0 unspecified atom stereocenters. The number of anilines is 1. The Bertz CT molecular complexity index is 559. The van der Waals surface area contributed by atoms with Gasteiger partial charge in [-0.05, 0) is 18.2 Å². The molecule has 0 atom stereocenters. The van der Waals surface area contributed by atoms with E-state index in [0.717, 1.165) is 19.2 Å². The van der Waals surface area contributed by atoms with Crippen molar-refractivity contribution in [3.8, 4) is 0 Å². The highest BCUT2D eigenvalue weighted by atomic mass is 32.2. The molecule has 20 heavy (non-hydrogen) atoms. The molecule has 1 aromatic carbocycles. The van der Waals surface area contributed by atoms with E-state index >= 15 is 0 Å². The minimum atomic E-state index is -3.70. The molecule has 0 aliphatic carbocycles. The van der Waals surface area contributed by atoms with Crippen molar-refractivity contribution < 1.29 is 17.5 Å². The van der Waals surface area contributed by atoms with E-state index in [0.29, 0.717) is 19.8 Å². The van der Waals surface area contributed by atoms with Crippen LogP contribution < -0.4 is 10.5 Å². The Hall–Kier alpha value is -1.22. The summed E-state index contributed by atoms with van der Waals surface area (Å²) in [6.07, 6.45) is 0. The largest absolute Gasteiger partial charge is 0.396 e. The number of hydrogen-bond donors (Lipinski definition) is 2. The van der Waals surface area contributed by atoms with Crippen LogP contribution >= 0.6 is 0 Å². The molecule has 0 amide bonds. The molecule has 6 nitrogen and oxygen atoms in total. The molecule has 8 heteroatoms. The molecule has 112 valence electrons. The number of rotatable bonds is 5. The fourth-order valence-corrected chi connectivity index (χ4v) is 2.95. The maximum atomic E-state index is 13.3. The Labute approximate surface area is 117 Å². The quantitative estimate of drug-likeness (QED) is 0.749. The van der Waals surface area contributed by atoms with Crippen molar-refractivity contribution in [3.05, 3.63) is 24.0 Å². The summed E-state index contributed by atoms with van der Waals surface area (Å²) in [5, 5.41) is 0. The number of nitrogen functional groups attached to an aromatic ring is 1. The standard InChI is InChI=1S/C12H18FN3O3S/c13-11-9-10(1-2-12(11)14)20(17,18)15-3-4-16-5-7-19-8-6-16/h1-2,9,15H,3-8,14H2. The Balaban J connectivity index is 1.91. The zero-order valence-electron chi connectivity index (χ0n) is 11.0. The molecule has 1 aliphatic heterocycles. The first-order chi connectivity index (χ1) is 9.49. The Kier molecular flexibility index (Phi) is 4.92. The lowest BCUT2D eigenvalue weighted by molar-refractivity contribution is 0.0390. The molecule has 0 aromatic heterocycles. The molecule has 0 radical (unpaired) electrons. The molecule has 2 rings (SSSR count). The molecule has 3 N–H and O–H groups in total. The molecule has 0 spiro atoms. The maximum absolute atomic E-state index is 13.3. The molecule has 0 saturated carbocycles. The topological polar surface area (TPSA) is 84.7 Å². The van der Waals surface area contributed by atoms with E-state index in [2.05, 4.69) is 9.62 Å². The van der Waals surface area contributed by atoms with Crippen LogP contribution in [0.3, 0.4) is 0 Å². The van der Waals surface area contributed by atoms with Gasteiger partial charge in [0.15, 0.2) is 0 Å². The summed E-state index contributed by atoms with van der Waals surface area (Å²) in [5.41, 5.74) is 5.25. The highest BCUT2D eigenvalue weighted by Crippen LogP contribution is 2.15. The van der Waals surface area contributed by atoms with Gasteiger partial charge < -0.3 is 10.5 Å². The Morgan fingerprint density at radius 1 is 1.35 bits per heavy atom. The molecule has 1 aliphatic rings. The highest BCUT2D eigenvalue weighted by molar-refractivity contribution is 7.89. The van der Waals surface area contributed by atoms with Gasteiger partial charge in [-0.25, -0.2) is 17.5 Å². The van der Waals surface area contributed by atoms with Crippen LogP contribution in [-0.2, 0) is 14.8 Å². The van der Waals surface area contributed by atoms with Crippen molar-refractivity contribution >= 4 is 15.7 Å². The zero-order chi connectivity index (χ0) is 14.6. The normalized spacial score (nSPS) is 17.2. The van der Waals surface area contributed by atoms with Gasteiger partial charge in [0.25, 0.3) is 0 Å². The highest BCUT2D eigenvalue weighted by Gasteiger charge is 2.16. The summed E-state index contributed by atoms with van der Waals surface area (Å²) in [6.45, 7) is 3.77. The van der Waals surface area contributed by atoms with Gasteiger partial charge in [0, 0.05) is 26.2 Å². The van der Waals surface area contributed by atoms with E-state index in [1.165, 1.54) is 12.1 Å². The van der Waals surface area contributed by atoms with Crippen molar-refractivity contribution in [2.45, 2.75) is 4.90 Å². The first kappa shape index (κ1) is 15.2. The second kappa shape index (κ2) is 6.49. The van der Waals surface area contributed by atoms with Crippen molar-refractivity contribution in [1.29, 1.82) is 0 Å². The number of benzene rings is 1. The lowest BCUT2D eigenvalue weighted by atomic mass is 10.3. The fourth-order valence-electron chi connectivity index (χ4n) is 1.92. The summed E-state index contributed by atoms with van der Waals surface area (Å²) in [6, 6.07) is 3.45. The molecule has 1 aromatic rings. The van der Waals surface area contributed by atoms with Gasteiger partial charge in [0.2, 0.25) is 10.0 Å². The van der Waals surface area contributed by atoms with Crippen LogP contribution in [0.5, 0.6) is 0 Å². The van der Waals surface area contributed by atoms with Crippen LogP contribution in [0.15, 0.2) is 23.1 Å². The smallest absolute Gasteiger partial charge is 0.240 e. The molecule has 1 saturated heterocycles. The van der Waals surface area contributed by atoms with Crippen molar-refractivity contribution in [1.82, 2.24) is 9.62 Å². The number of nitrogens with zero attached hydrogens (tertiary/aromatic N) is 1. The van der Waals surface area contributed by atoms with Crippen LogP contribution in [0, 0.1) is 5.82 Å². The Morgan fingerprint density at radius 2 is 2.05 bits per heavy atom. The van der Waals surface area contributed by atoms with Gasteiger partial charge in [0.05, 0.1) is 23.8 Å². The Morgan fingerprint density at radius 3 is 2.70 bits per heavy atom. The van der Waals surface area contributed by atoms with Gasteiger partial charge in [-0.2, -0.15) is 0 Å². The summed E-state index contributed by atoms with van der Waals surface area (Å²) >= 11 is 0. The van der Waals surface area contributed by atoms with Gasteiger partial charge in [-0.3, -0.25) is 4.90 Å². The van der Waals surface area contributed by atoms with Crippen LogP contribution in [0.25, 0.3) is 0 Å². The predicted molar refractivity (Wildman–Crippen MR) is 73.3 cm³/mol. The SMILES string of the molecule is Nc1ccc(S(=O)(=O)NCCN2CCOCC2)cc1F. The van der Waals surface area contributed by atoms with Crippen LogP contribution in [0.4, 0.5) is 10.1 Å². The second-order valence-corrected chi connectivity index (χ2v) is 6.30. The monoisotopic (exact) mass is 303 g/mol. The summed E-state index contributed by atoms with van der Waals surface area (Å²) in [4.78, 5) is 1.99. The number of sulfonamides is 1. The first-order valence-electron chi connectivity index (χ1n) is 6.34. The summed E-state index contributed by atoms with van der Waals surface area (Å²) in [7, 11) is -3.70. The molecular formula is C12H18FN3O3S. The first-order valence-corrected chi connectivity index (χ1v) is 7.82.